The van der Waals surface area contributed by atoms with E-state index in [1.807, 2.05) is 0 Å². The van der Waals surface area contributed by atoms with Crippen LogP contribution in [0.25, 0.3) is 0 Å². The van der Waals surface area contributed by atoms with Gasteiger partial charge in [-0.2, -0.15) is 10.2 Å². The summed E-state index contributed by atoms with van der Waals surface area (Å²) in [5.74, 6) is 0. The molecule has 0 amide bonds. The molecule has 0 aliphatic carbocycles. The highest BCUT2D eigenvalue weighted by atomic mass is 15.1. The van der Waals surface area contributed by atoms with Crippen molar-refractivity contribution < 1.29 is 0 Å². The van der Waals surface area contributed by atoms with Crippen LogP contribution in [-0.2, 0) is 13.1 Å². The Kier molecular flexibility index (Phi) is 2.00. The summed E-state index contributed by atoms with van der Waals surface area (Å²) >= 11 is 0. The summed E-state index contributed by atoms with van der Waals surface area (Å²) in [6.45, 7) is 1.46. The Morgan fingerprint density at radius 2 is 1.92 bits per heavy atom. The molecule has 1 aliphatic heterocycles. The maximum Gasteiger partial charge on any atom is 0.0872 e. The quantitative estimate of drug-likeness (QED) is 0.643. The molecule has 1 heterocycles. The van der Waals surface area contributed by atoms with Crippen molar-refractivity contribution in [3.05, 3.63) is 29.3 Å². The molecule has 0 unspecified atom stereocenters. The van der Waals surface area contributed by atoms with Crippen LogP contribution in [0, 0.1) is 0 Å². The van der Waals surface area contributed by atoms with Crippen LogP contribution in [0.15, 0.2) is 28.4 Å². The Morgan fingerprint density at radius 3 is 2.69 bits per heavy atom. The summed E-state index contributed by atoms with van der Waals surface area (Å²) in [7, 11) is 4.11. The van der Waals surface area contributed by atoms with Crippen molar-refractivity contribution in [1.29, 1.82) is 0 Å². The summed E-state index contributed by atoms with van der Waals surface area (Å²) in [6.07, 6.45) is 0. The molecule has 0 bridgehead atoms. The molecule has 1 aromatic carbocycles. The first kappa shape index (κ1) is 8.23. The molecule has 0 aromatic heterocycles. The lowest BCUT2D eigenvalue weighted by Gasteiger charge is -2.20. The van der Waals surface area contributed by atoms with Gasteiger partial charge in [0.2, 0.25) is 0 Å². The molecule has 13 heavy (non-hydrogen) atoms. The molecular weight excluding hydrogens is 162 g/mol. The van der Waals surface area contributed by atoms with E-state index in [9.17, 15) is 0 Å². The molecule has 1 aromatic rings. The van der Waals surface area contributed by atoms with Gasteiger partial charge in [-0.05, 0) is 11.6 Å². The summed E-state index contributed by atoms with van der Waals surface area (Å²) in [5.41, 5.74) is 3.89. The Morgan fingerprint density at radius 1 is 1.15 bits per heavy atom. The first-order valence-electron chi connectivity index (χ1n) is 4.40. The monoisotopic (exact) mass is 175 g/mol. The number of nitrogens with zero attached hydrogens (tertiary/aromatic N) is 3. The van der Waals surface area contributed by atoms with Gasteiger partial charge in [0, 0.05) is 25.3 Å². The van der Waals surface area contributed by atoms with Crippen molar-refractivity contribution in [1.82, 2.24) is 0 Å². The van der Waals surface area contributed by atoms with E-state index in [1.54, 1.807) is 0 Å². The maximum atomic E-state index is 4.06. The largest absolute Gasteiger partial charge is 0.377 e. The van der Waals surface area contributed by atoms with E-state index in [0.717, 1.165) is 13.1 Å². The van der Waals surface area contributed by atoms with Gasteiger partial charge in [0.05, 0.1) is 13.1 Å². The van der Waals surface area contributed by atoms with Crippen LogP contribution < -0.4 is 4.90 Å². The zero-order chi connectivity index (χ0) is 9.26. The molecule has 0 atom stereocenters. The summed E-state index contributed by atoms with van der Waals surface area (Å²) in [4.78, 5) is 2.12. The molecule has 3 nitrogen and oxygen atoms in total. The van der Waals surface area contributed by atoms with Gasteiger partial charge in [-0.3, -0.25) is 0 Å². The van der Waals surface area contributed by atoms with E-state index >= 15 is 0 Å². The summed E-state index contributed by atoms with van der Waals surface area (Å²) in [5, 5.41) is 8.09. The first-order valence-corrected chi connectivity index (χ1v) is 4.40. The van der Waals surface area contributed by atoms with Gasteiger partial charge in [0.25, 0.3) is 0 Å². The number of hydrogen-bond acceptors (Lipinski definition) is 3. The number of rotatable bonds is 1. The van der Waals surface area contributed by atoms with Gasteiger partial charge in [-0.1, -0.05) is 12.1 Å². The molecule has 3 heteroatoms. The van der Waals surface area contributed by atoms with Gasteiger partial charge in [0.1, 0.15) is 0 Å². The minimum absolute atomic E-state index is 0.726. The van der Waals surface area contributed by atoms with Gasteiger partial charge in [0.15, 0.2) is 0 Å². The molecule has 1 aliphatic rings. The normalized spacial score (nSPS) is 14.0. The third-order valence-electron chi connectivity index (χ3n) is 2.30. The first-order chi connectivity index (χ1) is 6.29. The van der Waals surface area contributed by atoms with E-state index < -0.39 is 0 Å². The molecule has 0 spiro atoms. The Balaban J connectivity index is 2.49. The predicted octanol–water partition coefficient (Wildman–Crippen LogP) is 2.22. The van der Waals surface area contributed by atoms with Crippen LogP contribution in [0.3, 0.4) is 0 Å². The second kappa shape index (κ2) is 3.17. The Bertz CT molecular complexity index is 342. The van der Waals surface area contributed by atoms with Crippen LogP contribution in [-0.4, -0.2) is 14.1 Å². The predicted molar refractivity (Wildman–Crippen MR) is 53.0 cm³/mol. The van der Waals surface area contributed by atoms with E-state index in [1.165, 1.54) is 16.8 Å². The lowest BCUT2D eigenvalue weighted by molar-refractivity contribution is 0.787. The van der Waals surface area contributed by atoms with Crippen molar-refractivity contribution >= 4 is 5.69 Å². The van der Waals surface area contributed by atoms with Crippen molar-refractivity contribution in [2.45, 2.75) is 13.1 Å². The van der Waals surface area contributed by atoms with E-state index in [2.05, 4.69) is 47.4 Å². The maximum absolute atomic E-state index is 4.06. The van der Waals surface area contributed by atoms with E-state index in [0.29, 0.717) is 0 Å². The smallest absolute Gasteiger partial charge is 0.0872 e. The van der Waals surface area contributed by atoms with Crippen molar-refractivity contribution in [3.63, 3.8) is 0 Å². The lowest BCUT2D eigenvalue weighted by Crippen LogP contribution is -2.13. The van der Waals surface area contributed by atoms with Crippen molar-refractivity contribution in [2.24, 2.45) is 10.2 Å². The zero-order valence-electron chi connectivity index (χ0n) is 7.99. The second-order valence-corrected chi connectivity index (χ2v) is 3.41. The van der Waals surface area contributed by atoms with Crippen LogP contribution in [0.4, 0.5) is 5.69 Å². The number of azo groups is 1. The molecular formula is C10H13N3. The topological polar surface area (TPSA) is 28.0 Å². The average Bonchev–Trinajstić information content (AvgIpc) is 2.17. The number of fused-ring (bicyclic) bond motifs is 1. The van der Waals surface area contributed by atoms with Gasteiger partial charge in [-0.15, -0.1) is 0 Å². The highest BCUT2D eigenvalue weighted by molar-refractivity contribution is 5.56. The fraction of sp³-hybridized carbons (Fsp3) is 0.400. The molecule has 0 saturated carbocycles. The van der Waals surface area contributed by atoms with Crippen LogP contribution in [0.5, 0.6) is 0 Å². The van der Waals surface area contributed by atoms with Gasteiger partial charge < -0.3 is 4.90 Å². The van der Waals surface area contributed by atoms with Crippen molar-refractivity contribution in [2.75, 3.05) is 19.0 Å². The molecule has 0 radical (unpaired) electrons. The minimum atomic E-state index is 0.726. The van der Waals surface area contributed by atoms with E-state index in [-0.39, 0.29) is 0 Å². The van der Waals surface area contributed by atoms with E-state index in [4.69, 9.17) is 0 Å². The SMILES string of the molecule is CN(C)c1cccc2c1CN=NC2. The third kappa shape index (κ3) is 1.41. The van der Waals surface area contributed by atoms with Crippen LogP contribution in [0.1, 0.15) is 11.1 Å². The van der Waals surface area contributed by atoms with Gasteiger partial charge >= 0.3 is 0 Å². The Labute approximate surface area is 78.1 Å². The number of hydrogen-bond donors (Lipinski definition) is 0. The van der Waals surface area contributed by atoms with Crippen molar-refractivity contribution in [3.8, 4) is 0 Å². The third-order valence-corrected chi connectivity index (χ3v) is 2.30. The number of anilines is 1. The van der Waals surface area contributed by atoms with Crippen LogP contribution >= 0.6 is 0 Å². The molecule has 0 fully saturated rings. The Hall–Kier alpha value is -1.38. The molecule has 0 saturated heterocycles. The fourth-order valence-corrected chi connectivity index (χ4v) is 1.62. The molecule has 68 valence electrons. The second-order valence-electron chi connectivity index (χ2n) is 3.41. The highest BCUT2D eigenvalue weighted by Gasteiger charge is 2.11. The van der Waals surface area contributed by atoms with Crippen LogP contribution in [0.2, 0.25) is 0 Å². The number of benzene rings is 1. The zero-order valence-corrected chi connectivity index (χ0v) is 7.99. The fourth-order valence-electron chi connectivity index (χ4n) is 1.62. The molecule has 2 rings (SSSR count). The molecule has 0 N–H and O–H groups in total. The highest BCUT2D eigenvalue weighted by Crippen LogP contribution is 2.26. The average molecular weight is 175 g/mol. The standard InChI is InChI=1S/C10H13N3/c1-13(2)10-5-3-4-8-6-11-12-7-9(8)10/h3-5H,6-7H2,1-2H3. The summed E-state index contributed by atoms with van der Waals surface area (Å²) in [6, 6.07) is 6.33. The minimum Gasteiger partial charge on any atom is -0.377 e. The summed E-state index contributed by atoms with van der Waals surface area (Å²) < 4.78 is 0. The lowest BCUT2D eigenvalue weighted by atomic mass is 10.0. The van der Waals surface area contributed by atoms with Gasteiger partial charge in [-0.25, -0.2) is 0 Å².